The second kappa shape index (κ2) is 5.31. The number of carbonyl (C=O) groups is 2. The summed E-state index contributed by atoms with van der Waals surface area (Å²) in [6, 6.07) is 9.37. The van der Waals surface area contributed by atoms with Crippen LogP contribution in [0.4, 0.5) is 4.39 Å². The number of nitrogens with zero attached hydrogens (tertiary/aromatic N) is 1. The lowest BCUT2D eigenvalue weighted by molar-refractivity contribution is -0.149. The lowest BCUT2D eigenvalue weighted by atomic mass is 10.1. The largest absolute Gasteiger partial charge is 0.488 e. The third-order valence-electron chi connectivity index (χ3n) is 4.42. The molecule has 1 amide bonds. The Morgan fingerprint density at radius 1 is 1.33 bits per heavy atom. The highest BCUT2D eigenvalue weighted by molar-refractivity contribution is 7.17. The molecule has 124 valence electrons. The minimum atomic E-state index is -2.34. The topological polar surface area (TPSA) is 66.8 Å². The van der Waals surface area contributed by atoms with Crippen LogP contribution >= 0.6 is 11.3 Å². The van der Waals surface area contributed by atoms with Gasteiger partial charge in [-0.05, 0) is 18.2 Å². The van der Waals surface area contributed by atoms with Crippen LogP contribution in [0.25, 0.3) is 10.4 Å². The number of carboxylic acid groups (broad SMARTS) is 1. The van der Waals surface area contributed by atoms with Gasteiger partial charge in [0.2, 0.25) is 5.67 Å². The Bertz CT molecular complexity index is 849. The number of rotatable bonds is 2. The molecule has 1 atom stereocenters. The van der Waals surface area contributed by atoms with Crippen LogP contribution in [-0.4, -0.2) is 40.6 Å². The zero-order valence-electron chi connectivity index (χ0n) is 12.6. The number of alkyl halides is 1. The van der Waals surface area contributed by atoms with Crippen LogP contribution in [-0.2, 0) is 11.4 Å². The van der Waals surface area contributed by atoms with E-state index in [2.05, 4.69) is 0 Å². The molecule has 1 aromatic heterocycles. The van der Waals surface area contributed by atoms with Crippen molar-refractivity contribution >= 4 is 23.2 Å². The van der Waals surface area contributed by atoms with Gasteiger partial charge in [-0.25, -0.2) is 9.18 Å². The number of fused-ring (bicyclic) bond motifs is 3. The molecule has 0 radical (unpaired) electrons. The molecule has 1 N–H and O–H groups in total. The summed E-state index contributed by atoms with van der Waals surface area (Å²) in [5, 5.41) is 8.96. The number of thiophene rings is 1. The van der Waals surface area contributed by atoms with Crippen LogP contribution < -0.4 is 4.74 Å². The first-order valence-electron chi connectivity index (χ1n) is 7.54. The molecule has 1 unspecified atom stereocenters. The van der Waals surface area contributed by atoms with Crippen molar-refractivity contribution in [1.82, 2.24) is 4.90 Å². The number of benzene rings is 1. The maximum absolute atomic E-state index is 14.2. The number of likely N-dealkylation sites (tertiary alicyclic amines) is 1. The van der Waals surface area contributed by atoms with Gasteiger partial charge >= 0.3 is 5.97 Å². The highest BCUT2D eigenvalue weighted by Gasteiger charge is 2.47. The Hall–Kier alpha value is -2.41. The molecule has 24 heavy (non-hydrogen) atoms. The van der Waals surface area contributed by atoms with E-state index in [1.54, 1.807) is 6.07 Å². The maximum Gasteiger partial charge on any atom is 0.343 e. The Labute approximate surface area is 141 Å². The van der Waals surface area contributed by atoms with Crippen molar-refractivity contribution in [2.75, 3.05) is 13.1 Å². The zero-order chi connectivity index (χ0) is 16.9. The molecule has 0 aliphatic carbocycles. The predicted molar refractivity (Wildman–Crippen MR) is 86.1 cm³/mol. The number of ether oxygens (including phenoxy) is 1. The number of halogens is 1. The first kappa shape index (κ1) is 15.1. The summed E-state index contributed by atoms with van der Waals surface area (Å²) < 4.78 is 19.9. The summed E-state index contributed by atoms with van der Waals surface area (Å²) in [6.45, 7) is 0.0897. The van der Waals surface area contributed by atoms with Crippen molar-refractivity contribution in [3.05, 3.63) is 40.8 Å². The summed E-state index contributed by atoms with van der Waals surface area (Å²) >= 11 is 1.34. The van der Waals surface area contributed by atoms with E-state index >= 15 is 0 Å². The summed E-state index contributed by atoms with van der Waals surface area (Å²) in [7, 11) is 0. The molecular weight excluding hydrogens is 333 g/mol. The molecule has 1 fully saturated rings. The van der Waals surface area contributed by atoms with E-state index in [1.807, 2.05) is 24.3 Å². The number of aliphatic carboxylic acids is 1. The molecule has 2 aliphatic rings. The van der Waals surface area contributed by atoms with Crippen LogP contribution in [0.5, 0.6) is 5.75 Å². The molecule has 0 saturated carbocycles. The first-order chi connectivity index (χ1) is 11.5. The third kappa shape index (κ3) is 2.27. The lowest BCUT2D eigenvalue weighted by Crippen LogP contribution is -2.38. The Morgan fingerprint density at radius 2 is 2.12 bits per heavy atom. The van der Waals surface area contributed by atoms with Gasteiger partial charge in [-0.15, -0.1) is 11.3 Å². The Morgan fingerprint density at radius 3 is 2.88 bits per heavy atom. The first-order valence-corrected chi connectivity index (χ1v) is 8.36. The molecule has 1 aromatic carbocycles. The summed E-state index contributed by atoms with van der Waals surface area (Å²) in [6.07, 6.45) is -0.175. The van der Waals surface area contributed by atoms with E-state index in [0.29, 0.717) is 11.5 Å². The van der Waals surface area contributed by atoms with Crippen LogP contribution in [0.1, 0.15) is 21.7 Å². The van der Waals surface area contributed by atoms with E-state index in [0.717, 1.165) is 21.8 Å². The third-order valence-corrected chi connectivity index (χ3v) is 5.62. The maximum atomic E-state index is 14.2. The minimum absolute atomic E-state index is 0.108. The number of amides is 1. The van der Waals surface area contributed by atoms with Crippen molar-refractivity contribution in [2.24, 2.45) is 0 Å². The van der Waals surface area contributed by atoms with Gasteiger partial charge in [0, 0.05) is 29.0 Å². The predicted octanol–water partition coefficient (Wildman–Crippen LogP) is 2.95. The Kier molecular flexibility index (Phi) is 3.35. The SMILES string of the molecule is O=C(c1cc2c(s1)-c1ccccc1OC2)N1CCC(F)(C(=O)O)C1. The molecule has 7 heteroatoms. The van der Waals surface area contributed by atoms with E-state index in [-0.39, 0.29) is 18.9 Å². The molecule has 0 bridgehead atoms. The lowest BCUT2D eigenvalue weighted by Gasteiger charge is -2.16. The van der Waals surface area contributed by atoms with Gasteiger partial charge in [0.25, 0.3) is 5.91 Å². The average molecular weight is 347 g/mol. The van der Waals surface area contributed by atoms with Crippen molar-refractivity contribution in [2.45, 2.75) is 18.7 Å². The van der Waals surface area contributed by atoms with E-state index in [1.165, 1.54) is 16.2 Å². The van der Waals surface area contributed by atoms with Gasteiger partial charge in [-0.2, -0.15) is 0 Å². The molecular formula is C17H14FNO4S. The fourth-order valence-corrected chi connectivity index (χ4v) is 4.25. The highest BCUT2D eigenvalue weighted by atomic mass is 32.1. The highest BCUT2D eigenvalue weighted by Crippen LogP contribution is 2.42. The number of hydrogen-bond donors (Lipinski definition) is 1. The molecule has 3 heterocycles. The van der Waals surface area contributed by atoms with Crippen molar-refractivity contribution in [3.63, 3.8) is 0 Å². The van der Waals surface area contributed by atoms with Crippen LogP contribution in [0.2, 0.25) is 0 Å². The molecule has 1 saturated heterocycles. The smallest absolute Gasteiger partial charge is 0.343 e. The van der Waals surface area contributed by atoms with Gasteiger partial charge in [0.1, 0.15) is 12.4 Å². The summed E-state index contributed by atoms with van der Waals surface area (Å²) in [5.74, 6) is -1.06. The fourth-order valence-electron chi connectivity index (χ4n) is 3.08. The number of carbonyl (C=O) groups excluding carboxylic acids is 1. The van der Waals surface area contributed by atoms with Gasteiger partial charge in [-0.3, -0.25) is 4.79 Å². The second-order valence-electron chi connectivity index (χ2n) is 6.00. The summed E-state index contributed by atoms with van der Waals surface area (Å²) in [4.78, 5) is 26.4. The van der Waals surface area contributed by atoms with Crippen LogP contribution in [0.15, 0.2) is 30.3 Å². The Balaban J connectivity index is 1.62. The van der Waals surface area contributed by atoms with E-state index < -0.39 is 18.2 Å². The van der Waals surface area contributed by atoms with Gasteiger partial charge in [0.15, 0.2) is 0 Å². The quantitative estimate of drug-likeness (QED) is 0.907. The normalized spacial score (nSPS) is 21.8. The molecule has 2 aliphatic heterocycles. The summed E-state index contributed by atoms with van der Waals surface area (Å²) in [5.41, 5.74) is -0.483. The van der Waals surface area contributed by atoms with Crippen molar-refractivity contribution in [3.8, 4) is 16.2 Å². The molecule has 5 nitrogen and oxygen atoms in total. The fraction of sp³-hybridized carbons (Fsp3) is 0.294. The van der Waals surface area contributed by atoms with Crippen molar-refractivity contribution in [1.29, 1.82) is 0 Å². The molecule has 4 rings (SSSR count). The monoisotopic (exact) mass is 347 g/mol. The van der Waals surface area contributed by atoms with Gasteiger partial charge < -0.3 is 14.7 Å². The van der Waals surface area contributed by atoms with Crippen molar-refractivity contribution < 1.29 is 23.8 Å². The van der Waals surface area contributed by atoms with Gasteiger partial charge in [0.05, 0.1) is 11.4 Å². The number of carboxylic acids is 1. The van der Waals surface area contributed by atoms with Crippen LogP contribution in [0, 0.1) is 0 Å². The average Bonchev–Trinajstić information content (AvgIpc) is 3.19. The molecule has 2 aromatic rings. The van der Waals surface area contributed by atoms with Crippen LogP contribution in [0.3, 0.4) is 0 Å². The second-order valence-corrected chi connectivity index (χ2v) is 7.05. The standard InChI is InChI=1S/C17H14FNO4S/c18-17(16(21)22)5-6-19(9-17)15(20)13-7-10-8-23-12-4-2-1-3-11(12)14(10)24-13/h1-4,7H,5-6,8-9H2,(H,21,22). The van der Waals surface area contributed by atoms with E-state index in [9.17, 15) is 14.0 Å². The zero-order valence-corrected chi connectivity index (χ0v) is 13.4. The number of hydrogen-bond acceptors (Lipinski definition) is 4. The minimum Gasteiger partial charge on any atom is -0.488 e. The van der Waals surface area contributed by atoms with E-state index in [4.69, 9.17) is 9.84 Å². The van der Waals surface area contributed by atoms with Gasteiger partial charge in [-0.1, -0.05) is 12.1 Å². The molecule has 0 spiro atoms. The number of para-hydroxylation sites is 1.